The Morgan fingerprint density at radius 2 is 1.61 bits per heavy atom. The molecular formula is C16H13N5O2. The van der Waals surface area contributed by atoms with Crippen molar-refractivity contribution in [1.29, 1.82) is 10.5 Å². The van der Waals surface area contributed by atoms with Crippen molar-refractivity contribution in [2.24, 2.45) is 0 Å². The zero-order chi connectivity index (χ0) is 16.7. The molecule has 0 aliphatic heterocycles. The van der Waals surface area contributed by atoms with E-state index in [1.54, 1.807) is 30.3 Å². The molecule has 2 rings (SSSR count). The second-order valence-electron chi connectivity index (χ2n) is 4.28. The second kappa shape index (κ2) is 7.43. The quantitative estimate of drug-likeness (QED) is 0.846. The van der Waals surface area contributed by atoms with Gasteiger partial charge >= 0.3 is 0 Å². The molecule has 1 heterocycles. The van der Waals surface area contributed by atoms with E-state index in [9.17, 15) is 0 Å². The summed E-state index contributed by atoms with van der Waals surface area (Å²) in [5.41, 5.74) is 1.50. The Bertz CT molecular complexity index is 762. The number of aromatic nitrogens is 2. The second-order valence-corrected chi connectivity index (χ2v) is 4.28. The van der Waals surface area contributed by atoms with E-state index in [2.05, 4.69) is 15.3 Å². The van der Waals surface area contributed by atoms with Gasteiger partial charge in [-0.3, -0.25) is 0 Å². The van der Waals surface area contributed by atoms with Gasteiger partial charge in [0.2, 0.25) is 11.8 Å². The average Bonchev–Trinajstić information content (AvgIpc) is 2.62. The lowest BCUT2D eigenvalue weighted by Gasteiger charge is -2.07. The predicted octanol–water partition coefficient (Wildman–Crippen LogP) is 2.50. The van der Waals surface area contributed by atoms with Crippen LogP contribution >= 0.6 is 0 Å². The Balaban J connectivity index is 2.25. The highest BCUT2D eigenvalue weighted by Crippen LogP contribution is 2.23. The van der Waals surface area contributed by atoms with Crippen molar-refractivity contribution < 1.29 is 9.47 Å². The number of anilines is 1. The van der Waals surface area contributed by atoms with Gasteiger partial charge in [-0.2, -0.15) is 20.5 Å². The summed E-state index contributed by atoms with van der Waals surface area (Å²) in [4.78, 5) is 8.54. The Morgan fingerprint density at radius 1 is 1.04 bits per heavy atom. The number of nitrogens with one attached hydrogen (secondary N) is 1. The van der Waals surface area contributed by atoms with Gasteiger partial charge in [0, 0.05) is 17.5 Å². The molecule has 0 spiro atoms. The molecule has 1 N–H and O–H groups in total. The van der Waals surface area contributed by atoms with E-state index in [0.29, 0.717) is 17.6 Å². The van der Waals surface area contributed by atoms with Crippen molar-refractivity contribution in [1.82, 2.24) is 9.97 Å². The van der Waals surface area contributed by atoms with Gasteiger partial charge in [-0.25, -0.2) is 0 Å². The third kappa shape index (κ3) is 3.96. The molecule has 0 atom stereocenters. The summed E-state index contributed by atoms with van der Waals surface area (Å²) in [5, 5.41) is 20.2. The van der Waals surface area contributed by atoms with Gasteiger partial charge in [0.25, 0.3) is 0 Å². The monoisotopic (exact) mass is 307 g/mol. The summed E-state index contributed by atoms with van der Waals surface area (Å²) >= 11 is 0. The Hall–Kier alpha value is -3.58. The standard InChI is InChI=1S/C16H13N5O2/c1-22-14-7-15(23-2)21-16(20-14)12-3-5-13(6-4-12)19-10-11(8-17)9-18/h3-7,10,19H,1-2H3. The molecule has 1 aromatic heterocycles. The zero-order valence-corrected chi connectivity index (χ0v) is 12.6. The number of nitrogens with zero attached hydrogens (tertiary/aromatic N) is 4. The van der Waals surface area contributed by atoms with E-state index < -0.39 is 0 Å². The lowest BCUT2D eigenvalue weighted by Crippen LogP contribution is -1.97. The van der Waals surface area contributed by atoms with Crippen LogP contribution in [0.25, 0.3) is 11.4 Å². The third-order valence-electron chi connectivity index (χ3n) is 2.86. The van der Waals surface area contributed by atoms with Crippen LogP contribution in [0.4, 0.5) is 5.69 Å². The molecule has 7 nitrogen and oxygen atoms in total. The van der Waals surface area contributed by atoms with Gasteiger partial charge in [-0.15, -0.1) is 0 Å². The van der Waals surface area contributed by atoms with E-state index in [-0.39, 0.29) is 5.57 Å². The fraction of sp³-hybridized carbons (Fsp3) is 0.125. The normalized spacial score (nSPS) is 9.22. The summed E-state index contributed by atoms with van der Waals surface area (Å²) in [6.07, 6.45) is 1.35. The van der Waals surface area contributed by atoms with Crippen molar-refractivity contribution >= 4 is 5.69 Å². The molecule has 114 valence electrons. The van der Waals surface area contributed by atoms with E-state index in [1.807, 2.05) is 12.1 Å². The molecule has 7 heteroatoms. The fourth-order valence-corrected chi connectivity index (χ4v) is 1.70. The maximum Gasteiger partial charge on any atom is 0.220 e. The Labute approximate surface area is 133 Å². The van der Waals surface area contributed by atoms with Crippen molar-refractivity contribution in [2.45, 2.75) is 0 Å². The van der Waals surface area contributed by atoms with Crippen LogP contribution in [0.2, 0.25) is 0 Å². The SMILES string of the molecule is COc1cc(OC)nc(-c2ccc(NC=C(C#N)C#N)cc2)n1. The summed E-state index contributed by atoms with van der Waals surface area (Å²) in [7, 11) is 3.04. The molecular weight excluding hydrogens is 294 g/mol. The lowest BCUT2D eigenvalue weighted by molar-refractivity contribution is 0.372. The van der Waals surface area contributed by atoms with Gasteiger partial charge in [-0.05, 0) is 24.3 Å². The largest absolute Gasteiger partial charge is 0.481 e. The maximum atomic E-state index is 8.67. The first kappa shape index (κ1) is 15.8. The van der Waals surface area contributed by atoms with Crippen LogP contribution in [0.15, 0.2) is 42.1 Å². The van der Waals surface area contributed by atoms with Gasteiger partial charge in [0.15, 0.2) is 5.82 Å². The fourth-order valence-electron chi connectivity index (χ4n) is 1.70. The highest BCUT2D eigenvalue weighted by molar-refractivity contribution is 5.61. The number of benzene rings is 1. The molecule has 0 aliphatic rings. The third-order valence-corrected chi connectivity index (χ3v) is 2.86. The van der Waals surface area contributed by atoms with E-state index in [0.717, 1.165) is 11.3 Å². The number of hydrogen-bond donors (Lipinski definition) is 1. The van der Waals surface area contributed by atoms with E-state index in [4.69, 9.17) is 20.0 Å². The predicted molar refractivity (Wildman–Crippen MR) is 83.5 cm³/mol. The van der Waals surface area contributed by atoms with Crippen LogP contribution in [-0.4, -0.2) is 24.2 Å². The van der Waals surface area contributed by atoms with Gasteiger partial charge in [0.1, 0.15) is 17.7 Å². The van der Waals surface area contributed by atoms with Crippen molar-refractivity contribution in [3.05, 3.63) is 42.1 Å². The molecule has 0 unspecified atom stereocenters. The number of nitriles is 2. The Kier molecular flexibility index (Phi) is 5.11. The van der Waals surface area contributed by atoms with Crippen molar-refractivity contribution in [2.75, 3.05) is 19.5 Å². The first-order chi connectivity index (χ1) is 11.2. The summed E-state index contributed by atoms with van der Waals surface area (Å²) < 4.78 is 10.2. The van der Waals surface area contributed by atoms with Gasteiger partial charge in [-0.1, -0.05) is 0 Å². The lowest BCUT2D eigenvalue weighted by atomic mass is 10.2. The molecule has 0 bridgehead atoms. The Morgan fingerprint density at radius 3 is 2.09 bits per heavy atom. The average molecular weight is 307 g/mol. The molecule has 23 heavy (non-hydrogen) atoms. The topological polar surface area (TPSA) is 104 Å². The van der Waals surface area contributed by atoms with E-state index >= 15 is 0 Å². The first-order valence-electron chi connectivity index (χ1n) is 6.54. The highest BCUT2D eigenvalue weighted by Gasteiger charge is 2.07. The van der Waals surface area contributed by atoms with Crippen LogP contribution in [0.5, 0.6) is 11.8 Å². The first-order valence-corrected chi connectivity index (χ1v) is 6.54. The number of allylic oxidation sites excluding steroid dienone is 1. The molecule has 0 saturated carbocycles. The summed E-state index contributed by atoms with van der Waals surface area (Å²) in [6.45, 7) is 0. The van der Waals surface area contributed by atoms with Crippen LogP contribution in [0.1, 0.15) is 0 Å². The minimum absolute atomic E-state index is 0.00468. The van der Waals surface area contributed by atoms with Gasteiger partial charge < -0.3 is 14.8 Å². The minimum Gasteiger partial charge on any atom is -0.481 e. The van der Waals surface area contributed by atoms with Crippen LogP contribution in [0, 0.1) is 22.7 Å². The van der Waals surface area contributed by atoms with Gasteiger partial charge in [0.05, 0.1) is 20.3 Å². The number of ether oxygens (including phenoxy) is 2. The van der Waals surface area contributed by atoms with Crippen molar-refractivity contribution in [3.8, 4) is 35.3 Å². The smallest absolute Gasteiger partial charge is 0.220 e. The number of methoxy groups -OCH3 is 2. The molecule has 2 aromatic rings. The van der Waals surface area contributed by atoms with Crippen molar-refractivity contribution in [3.63, 3.8) is 0 Å². The molecule has 0 amide bonds. The zero-order valence-electron chi connectivity index (χ0n) is 12.6. The van der Waals surface area contributed by atoms with E-state index in [1.165, 1.54) is 20.4 Å². The summed E-state index contributed by atoms with van der Waals surface area (Å²) in [6, 6.07) is 12.3. The molecule has 0 fully saturated rings. The maximum absolute atomic E-state index is 8.67. The van der Waals surface area contributed by atoms with Crippen LogP contribution in [0.3, 0.4) is 0 Å². The number of rotatable bonds is 5. The number of hydrogen-bond acceptors (Lipinski definition) is 7. The van der Waals surface area contributed by atoms with Crippen LogP contribution in [-0.2, 0) is 0 Å². The molecule has 0 aliphatic carbocycles. The van der Waals surface area contributed by atoms with Crippen LogP contribution < -0.4 is 14.8 Å². The molecule has 0 saturated heterocycles. The highest BCUT2D eigenvalue weighted by atomic mass is 16.5. The summed E-state index contributed by atoms with van der Waals surface area (Å²) in [5.74, 6) is 1.28. The molecule has 0 radical (unpaired) electrons. The minimum atomic E-state index is -0.00468. The molecule has 1 aromatic carbocycles.